The van der Waals surface area contributed by atoms with Crippen LogP contribution in [0, 0.1) is 5.92 Å². The van der Waals surface area contributed by atoms with Crippen molar-refractivity contribution in [3.8, 4) is 11.1 Å². The van der Waals surface area contributed by atoms with E-state index in [1.165, 1.54) is 12.1 Å². The Morgan fingerprint density at radius 1 is 1.03 bits per heavy atom. The Bertz CT molecular complexity index is 949. The van der Waals surface area contributed by atoms with Crippen LogP contribution in [0.4, 0.5) is 19.0 Å². The lowest BCUT2D eigenvalue weighted by Gasteiger charge is -2.17. The van der Waals surface area contributed by atoms with E-state index in [0.29, 0.717) is 11.1 Å². The molecule has 2 fully saturated rings. The number of hydrogen-bond donors (Lipinski definition) is 1. The molecule has 2 aliphatic carbocycles. The number of nitrogens with one attached hydrogen (secondary N) is 1. The fourth-order valence-corrected chi connectivity index (χ4v) is 3.10. The Labute approximate surface area is 165 Å². The zero-order valence-electron chi connectivity index (χ0n) is 15.8. The summed E-state index contributed by atoms with van der Waals surface area (Å²) in [5.74, 6) is -0.245. The van der Waals surface area contributed by atoms with Crippen molar-refractivity contribution in [3.63, 3.8) is 0 Å². The van der Waals surface area contributed by atoms with Crippen LogP contribution in [0.25, 0.3) is 11.1 Å². The van der Waals surface area contributed by atoms with Gasteiger partial charge in [-0.05, 0) is 61.1 Å². The Morgan fingerprint density at radius 3 is 2.24 bits per heavy atom. The van der Waals surface area contributed by atoms with Crippen LogP contribution in [-0.4, -0.2) is 34.8 Å². The fourth-order valence-electron chi connectivity index (χ4n) is 3.10. The molecule has 5 nitrogen and oxygen atoms in total. The van der Waals surface area contributed by atoms with Crippen molar-refractivity contribution >= 4 is 17.6 Å². The number of aromatic nitrogens is 1. The highest BCUT2D eigenvalue weighted by Crippen LogP contribution is 2.33. The second kappa shape index (κ2) is 7.17. The summed E-state index contributed by atoms with van der Waals surface area (Å²) in [7, 11) is 1.70. The SMILES string of the molecule is CN(C(=O)c1cc(-c2ccc(C(F)(F)F)cc2)cc(NC(=O)C2CC2)n1)C1CC1. The molecule has 29 heavy (non-hydrogen) atoms. The van der Waals surface area contributed by atoms with Gasteiger partial charge in [0.25, 0.3) is 5.91 Å². The van der Waals surface area contributed by atoms with Crippen LogP contribution >= 0.6 is 0 Å². The van der Waals surface area contributed by atoms with Crippen LogP contribution < -0.4 is 5.32 Å². The Kier molecular flexibility index (Phi) is 4.80. The predicted octanol–water partition coefficient (Wildman–Crippen LogP) is 4.35. The van der Waals surface area contributed by atoms with Crippen LogP contribution in [0.5, 0.6) is 0 Å². The molecular formula is C21H20F3N3O2. The minimum atomic E-state index is -4.42. The number of anilines is 1. The molecule has 0 unspecified atom stereocenters. The molecule has 152 valence electrons. The van der Waals surface area contributed by atoms with Gasteiger partial charge in [-0.15, -0.1) is 0 Å². The molecule has 1 aromatic heterocycles. The smallest absolute Gasteiger partial charge is 0.337 e. The molecular weight excluding hydrogens is 383 g/mol. The summed E-state index contributed by atoms with van der Waals surface area (Å²) < 4.78 is 38.5. The van der Waals surface area contributed by atoms with Crippen LogP contribution in [0.1, 0.15) is 41.7 Å². The van der Waals surface area contributed by atoms with Gasteiger partial charge < -0.3 is 10.2 Å². The first-order valence-corrected chi connectivity index (χ1v) is 9.50. The van der Waals surface area contributed by atoms with Gasteiger partial charge in [0.1, 0.15) is 11.5 Å². The normalized spacial score (nSPS) is 16.4. The molecule has 0 atom stereocenters. The fraction of sp³-hybridized carbons (Fsp3) is 0.381. The summed E-state index contributed by atoms with van der Waals surface area (Å²) in [5.41, 5.74) is 0.433. The average Bonchev–Trinajstić information content (AvgIpc) is 3.57. The minimum absolute atomic E-state index is 0.0418. The number of amides is 2. The maximum absolute atomic E-state index is 12.8. The lowest BCUT2D eigenvalue weighted by Crippen LogP contribution is -2.29. The molecule has 1 heterocycles. The molecule has 2 aromatic rings. The van der Waals surface area contributed by atoms with Gasteiger partial charge in [0.2, 0.25) is 5.91 Å². The second-order valence-electron chi connectivity index (χ2n) is 7.61. The minimum Gasteiger partial charge on any atom is -0.337 e. The molecule has 0 saturated heterocycles. The zero-order valence-corrected chi connectivity index (χ0v) is 15.8. The maximum atomic E-state index is 12.8. The van der Waals surface area contributed by atoms with Gasteiger partial charge in [-0.25, -0.2) is 4.98 Å². The Morgan fingerprint density at radius 2 is 1.69 bits per heavy atom. The monoisotopic (exact) mass is 403 g/mol. The highest BCUT2D eigenvalue weighted by Gasteiger charge is 2.33. The highest BCUT2D eigenvalue weighted by atomic mass is 19.4. The van der Waals surface area contributed by atoms with E-state index < -0.39 is 11.7 Å². The van der Waals surface area contributed by atoms with Crippen molar-refractivity contribution < 1.29 is 22.8 Å². The van der Waals surface area contributed by atoms with E-state index >= 15 is 0 Å². The highest BCUT2D eigenvalue weighted by molar-refractivity contribution is 5.97. The van der Waals surface area contributed by atoms with Gasteiger partial charge in [0.05, 0.1) is 5.56 Å². The molecule has 2 amide bonds. The van der Waals surface area contributed by atoms with E-state index in [1.807, 2.05) is 0 Å². The number of alkyl halides is 3. The largest absolute Gasteiger partial charge is 0.416 e. The van der Waals surface area contributed by atoms with Crippen molar-refractivity contribution in [1.82, 2.24) is 9.88 Å². The lowest BCUT2D eigenvalue weighted by molar-refractivity contribution is -0.137. The third kappa shape index (κ3) is 4.41. The summed E-state index contributed by atoms with van der Waals surface area (Å²) in [6, 6.07) is 8.01. The molecule has 4 rings (SSSR count). The van der Waals surface area contributed by atoms with Crippen molar-refractivity contribution in [3.05, 3.63) is 47.7 Å². The number of nitrogens with zero attached hydrogens (tertiary/aromatic N) is 2. The summed E-state index contributed by atoms with van der Waals surface area (Å²) in [6.45, 7) is 0. The molecule has 2 aliphatic rings. The first kappa shape index (κ1) is 19.4. The van der Waals surface area contributed by atoms with Gasteiger partial charge in [-0.1, -0.05) is 12.1 Å². The molecule has 8 heteroatoms. The van der Waals surface area contributed by atoms with Crippen molar-refractivity contribution in [1.29, 1.82) is 0 Å². The molecule has 0 spiro atoms. The van der Waals surface area contributed by atoms with Crippen molar-refractivity contribution in [2.24, 2.45) is 5.92 Å². The number of pyridine rings is 1. The number of benzene rings is 1. The average molecular weight is 403 g/mol. The summed E-state index contributed by atoms with van der Waals surface area (Å²) >= 11 is 0. The van der Waals surface area contributed by atoms with E-state index in [-0.39, 0.29) is 35.3 Å². The molecule has 0 bridgehead atoms. The third-order valence-electron chi connectivity index (χ3n) is 5.20. The van der Waals surface area contributed by atoms with Crippen LogP contribution in [0.2, 0.25) is 0 Å². The quantitative estimate of drug-likeness (QED) is 0.807. The van der Waals surface area contributed by atoms with E-state index in [2.05, 4.69) is 10.3 Å². The van der Waals surface area contributed by atoms with E-state index in [4.69, 9.17) is 0 Å². The third-order valence-corrected chi connectivity index (χ3v) is 5.20. The number of carbonyl (C=O) groups excluding carboxylic acids is 2. The number of carbonyl (C=O) groups is 2. The van der Waals surface area contributed by atoms with Crippen LogP contribution in [-0.2, 0) is 11.0 Å². The standard InChI is InChI=1S/C21H20F3N3O2/c1-27(16-8-9-16)20(29)17-10-14(11-18(25-17)26-19(28)13-2-3-13)12-4-6-15(7-5-12)21(22,23)24/h4-7,10-11,13,16H,2-3,8-9H2,1H3,(H,25,26,28). The molecule has 0 aliphatic heterocycles. The molecule has 2 saturated carbocycles. The zero-order chi connectivity index (χ0) is 20.8. The summed E-state index contributed by atoms with van der Waals surface area (Å²) in [4.78, 5) is 30.8. The lowest BCUT2D eigenvalue weighted by atomic mass is 10.0. The summed E-state index contributed by atoms with van der Waals surface area (Å²) in [5, 5.41) is 2.73. The first-order valence-electron chi connectivity index (χ1n) is 9.50. The van der Waals surface area contributed by atoms with Gasteiger partial charge in [-0.3, -0.25) is 9.59 Å². The van der Waals surface area contributed by atoms with Gasteiger partial charge in [0.15, 0.2) is 0 Å². The topological polar surface area (TPSA) is 62.3 Å². The molecule has 1 N–H and O–H groups in total. The van der Waals surface area contributed by atoms with Gasteiger partial charge >= 0.3 is 6.18 Å². The molecule has 0 radical (unpaired) electrons. The van der Waals surface area contributed by atoms with Gasteiger partial charge in [-0.2, -0.15) is 13.2 Å². The van der Waals surface area contributed by atoms with Crippen molar-refractivity contribution in [2.45, 2.75) is 37.9 Å². The second-order valence-corrected chi connectivity index (χ2v) is 7.61. The summed E-state index contributed by atoms with van der Waals surface area (Å²) in [6.07, 6.45) is -0.909. The van der Waals surface area contributed by atoms with E-state index in [1.54, 1.807) is 24.1 Å². The Balaban J connectivity index is 1.68. The van der Waals surface area contributed by atoms with Crippen LogP contribution in [0.3, 0.4) is 0 Å². The predicted molar refractivity (Wildman–Crippen MR) is 101 cm³/mol. The van der Waals surface area contributed by atoms with Gasteiger partial charge in [0, 0.05) is 19.0 Å². The maximum Gasteiger partial charge on any atom is 0.416 e. The van der Waals surface area contributed by atoms with Crippen LogP contribution in [0.15, 0.2) is 36.4 Å². The van der Waals surface area contributed by atoms with Crippen molar-refractivity contribution in [2.75, 3.05) is 12.4 Å². The van der Waals surface area contributed by atoms with E-state index in [9.17, 15) is 22.8 Å². The number of halogens is 3. The molecule has 1 aromatic carbocycles. The first-order chi connectivity index (χ1) is 13.7. The number of hydrogen-bond acceptors (Lipinski definition) is 3. The van der Waals surface area contributed by atoms with E-state index in [0.717, 1.165) is 37.8 Å². The number of rotatable bonds is 5. The Hall–Kier alpha value is -2.90.